The van der Waals surface area contributed by atoms with Crippen molar-refractivity contribution in [3.63, 3.8) is 0 Å². The van der Waals surface area contributed by atoms with Crippen LogP contribution in [-0.2, 0) is 27.8 Å². The minimum absolute atomic E-state index is 0.118. The van der Waals surface area contributed by atoms with Crippen LogP contribution in [0.1, 0.15) is 26.3 Å². The van der Waals surface area contributed by atoms with Gasteiger partial charge in [0.1, 0.15) is 5.60 Å². The van der Waals surface area contributed by atoms with Crippen molar-refractivity contribution in [1.82, 2.24) is 20.4 Å². The highest BCUT2D eigenvalue weighted by Crippen LogP contribution is 2.30. The number of nitrogens with one attached hydrogen (secondary N) is 2. The Labute approximate surface area is 168 Å². The molecule has 2 aromatic rings. The molecule has 0 aliphatic rings. The lowest BCUT2D eigenvalue weighted by molar-refractivity contribution is -0.138. The van der Waals surface area contributed by atoms with Crippen LogP contribution >= 0.6 is 23.2 Å². The van der Waals surface area contributed by atoms with Gasteiger partial charge in [-0.1, -0.05) is 29.8 Å². The zero-order chi connectivity index (χ0) is 20.8. The van der Waals surface area contributed by atoms with Gasteiger partial charge in [-0.2, -0.15) is 5.10 Å². The summed E-state index contributed by atoms with van der Waals surface area (Å²) in [6, 6.07) is 3.51. The van der Waals surface area contributed by atoms with Gasteiger partial charge in [-0.25, -0.2) is 0 Å². The SMILES string of the molecule is C=C(NC)NC(=O)Cc1c(Cl)ccc2c(Cl)nn(C)c12.CC(C)(C)OC=O. The summed E-state index contributed by atoms with van der Waals surface area (Å²) < 4.78 is 6.17. The lowest BCUT2D eigenvalue weighted by Gasteiger charge is -2.14. The highest BCUT2D eigenvalue weighted by Gasteiger charge is 2.16. The highest BCUT2D eigenvalue weighted by molar-refractivity contribution is 6.36. The molecule has 0 aliphatic carbocycles. The van der Waals surface area contributed by atoms with Crippen LogP contribution in [0.25, 0.3) is 10.9 Å². The summed E-state index contributed by atoms with van der Waals surface area (Å²) >= 11 is 12.2. The fourth-order valence-electron chi connectivity index (χ4n) is 2.13. The van der Waals surface area contributed by atoms with Gasteiger partial charge < -0.3 is 15.4 Å². The Morgan fingerprint density at radius 1 is 1.37 bits per heavy atom. The Morgan fingerprint density at radius 3 is 2.48 bits per heavy atom. The largest absolute Gasteiger partial charge is 0.462 e. The molecule has 0 bridgehead atoms. The first kappa shape index (κ1) is 22.8. The van der Waals surface area contributed by atoms with E-state index in [1.807, 2.05) is 20.8 Å². The molecule has 0 aliphatic heterocycles. The van der Waals surface area contributed by atoms with Gasteiger partial charge in [0.05, 0.1) is 17.8 Å². The van der Waals surface area contributed by atoms with E-state index in [4.69, 9.17) is 23.2 Å². The molecule has 1 aromatic carbocycles. The molecule has 0 saturated carbocycles. The average molecular weight is 415 g/mol. The molecule has 0 radical (unpaired) electrons. The zero-order valence-electron chi connectivity index (χ0n) is 16.0. The van der Waals surface area contributed by atoms with Gasteiger partial charge in [-0.15, -0.1) is 0 Å². The lowest BCUT2D eigenvalue weighted by atomic mass is 10.1. The second-order valence-electron chi connectivity index (χ2n) is 6.62. The molecule has 27 heavy (non-hydrogen) atoms. The quantitative estimate of drug-likeness (QED) is 0.733. The molecular formula is C18H24Cl2N4O3. The summed E-state index contributed by atoms with van der Waals surface area (Å²) in [4.78, 5) is 21.6. The Hall–Kier alpha value is -2.25. The number of aromatic nitrogens is 2. The summed E-state index contributed by atoms with van der Waals surface area (Å²) in [5, 5.41) is 11.2. The third-order valence-electron chi connectivity index (χ3n) is 3.34. The Bertz CT molecular complexity index is 841. The van der Waals surface area contributed by atoms with Gasteiger partial charge in [0.2, 0.25) is 5.91 Å². The number of carbonyl (C=O) groups is 2. The fraction of sp³-hybridized carbons (Fsp3) is 0.389. The maximum absolute atomic E-state index is 12.0. The first-order valence-electron chi connectivity index (χ1n) is 8.07. The number of nitrogens with zero attached hydrogens (tertiary/aromatic N) is 2. The van der Waals surface area contributed by atoms with Crippen LogP contribution in [-0.4, -0.2) is 34.8 Å². The minimum Gasteiger partial charge on any atom is -0.462 e. The number of benzene rings is 1. The number of hydrogen-bond donors (Lipinski definition) is 2. The molecular weight excluding hydrogens is 391 g/mol. The summed E-state index contributed by atoms with van der Waals surface area (Å²) in [5.41, 5.74) is 1.13. The molecule has 0 spiro atoms. The second-order valence-corrected chi connectivity index (χ2v) is 7.38. The van der Waals surface area contributed by atoms with Gasteiger partial charge in [-0.3, -0.25) is 14.3 Å². The van der Waals surface area contributed by atoms with Gasteiger partial charge in [-0.05, 0) is 32.9 Å². The van der Waals surface area contributed by atoms with Crippen molar-refractivity contribution in [2.45, 2.75) is 32.8 Å². The zero-order valence-corrected chi connectivity index (χ0v) is 17.5. The van der Waals surface area contributed by atoms with E-state index in [1.165, 1.54) is 0 Å². The maximum atomic E-state index is 12.0. The standard InChI is InChI=1S/C13H14Cl2N4O.C5H10O2/c1-7(16-2)17-11(20)6-9-10(14)5-4-8-12(9)19(3)18-13(8)15;1-5(2,3)7-4-6/h4-5,16H,1,6H2,2-3H3,(H,17,20);4H,1-3H3. The number of aryl methyl sites for hydroxylation is 1. The number of fused-ring (bicyclic) bond motifs is 1. The third-order valence-corrected chi connectivity index (χ3v) is 3.97. The summed E-state index contributed by atoms with van der Waals surface area (Å²) in [6.45, 7) is 9.57. The smallest absolute Gasteiger partial charge is 0.293 e. The summed E-state index contributed by atoms with van der Waals surface area (Å²) in [7, 11) is 3.44. The molecule has 0 fully saturated rings. The summed E-state index contributed by atoms with van der Waals surface area (Å²) in [5.74, 6) is 0.220. The van der Waals surface area contributed by atoms with Crippen LogP contribution in [0, 0.1) is 0 Å². The van der Waals surface area contributed by atoms with Crippen molar-refractivity contribution < 1.29 is 14.3 Å². The molecule has 148 valence electrons. The molecule has 1 aromatic heterocycles. The van der Waals surface area contributed by atoms with Gasteiger partial charge in [0.25, 0.3) is 6.47 Å². The minimum atomic E-state index is -0.318. The maximum Gasteiger partial charge on any atom is 0.293 e. The van der Waals surface area contributed by atoms with E-state index in [1.54, 1.807) is 30.9 Å². The number of halogens is 2. The average Bonchev–Trinajstić information content (AvgIpc) is 2.83. The van der Waals surface area contributed by atoms with E-state index >= 15 is 0 Å². The molecule has 1 amide bonds. The fourth-order valence-corrected chi connectivity index (χ4v) is 2.62. The number of hydrogen-bond acceptors (Lipinski definition) is 5. The normalized spacial score (nSPS) is 10.6. The van der Waals surface area contributed by atoms with Gasteiger partial charge in [0.15, 0.2) is 5.15 Å². The predicted octanol–water partition coefficient (Wildman–Crippen LogP) is 3.19. The van der Waals surface area contributed by atoms with Crippen molar-refractivity contribution in [2.24, 2.45) is 7.05 Å². The number of carbonyl (C=O) groups excluding carboxylic acids is 2. The Balaban J connectivity index is 0.000000445. The first-order valence-corrected chi connectivity index (χ1v) is 8.83. The molecule has 2 rings (SSSR count). The van der Waals surface area contributed by atoms with Crippen molar-refractivity contribution >= 4 is 46.5 Å². The van der Waals surface area contributed by atoms with Crippen LogP contribution in [0.3, 0.4) is 0 Å². The molecule has 0 atom stereocenters. The molecule has 0 saturated heterocycles. The number of amides is 1. The van der Waals surface area contributed by atoms with E-state index in [0.717, 1.165) is 10.9 Å². The lowest BCUT2D eigenvalue weighted by Crippen LogP contribution is -2.30. The first-order chi connectivity index (χ1) is 12.5. The van der Waals surface area contributed by atoms with Crippen LogP contribution in [0.2, 0.25) is 10.2 Å². The Kier molecular flexibility index (Phi) is 8.12. The monoisotopic (exact) mass is 414 g/mol. The number of rotatable bonds is 5. The van der Waals surface area contributed by atoms with Crippen molar-refractivity contribution in [2.75, 3.05) is 7.05 Å². The molecule has 7 nitrogen and oxygen atoms in total. The van der Waals surface area contributed by atoms with Crippen molar-refractivity contribution in [3.8, 4) is 0 Å². The predicted molar refractivity (Wildman–Crippen MR) is 108 cm³/mol. The topological polar surface area (TPSA) is 85.2 Å². The van der Waals surface area contributed by atoms with E-state index in [0.29, 0.717) is 28.0 Å². The molecule has 9 heteroatoms. The van der Waals surface area contributed by atoms with E-state index < -0.39 is 0 Å². The van der Waals surface area contributed by atoms with E-state index in [2.05, 4.69) is 27.0 Å². The summed E-state index contributed by atoms with van der Waals surface area (Å²) in [6.07, 6.45) is 0.118. The molecule has 1 heterocycles. The van der Waals surface area contributed by atoms with Crippen LogP contribution in [0.4, 0.5) is 0 Å². The van der Waals surface area contributed by atoms with Gasteiger partial charge >= 0.3 is 0 Å². The van der Waals surface area contributed by atoms with Gasteiger partial charge in [0, 0.05) is 30.1 Å². The Morgan fingerprint density at radius 2 is 2.00 bits per heavy atom. The highest BCUT2D eigenvalue weighted by atomic mass is 35.5. The second kappa shape index (κ2) is 9.62. The molecule has 2 N–H and O–H groups in total. The van der Waals surface area contributed by atoms with Crippen LogP contribution in [0.5, 0.6) is 0 Å². The van der Waals surface area contributed by atoms with E-state index in [9.17, 15) is 9.59 Å². The van der Waals surface area contributed by atoms with Crippen molar-refractivity contribution in [1.29, 1.82) is 0 Å². The van der Waals surface area contributed by atoms with Crippen molar-refractivity contribution in [3.05, 3.63) is 40.3 Å². The van der Waals surface area contributed by atoms with Crippen LogP contribution < -0.4 is 10.6 Å². The molecule has 0 unspecified atom stereocenters. The van der Waals surface area contributed by atoms with E-state index in [-0.39, 0.29) is 17.9 Å². The van der Waals surface area contributed by atoms with Crippen LogP contribution in [0.15, 0.2) is 24.5 Å². The third kappa shape index (κ3) is 6.77. The number of ether oxygens (including phenoxy) is 1.